The largest absolute Gasteiger partial charge is 0.458 e. The summed E-state index contributed by atoms with van der Waals surface area (Å²) in [6.07, 6.45) is 2.17. The first kappa shape index (κ1) is 13.7. The van der Waals surface area contributed by atoms with Crippen molar-refractivity contribution >= 4 is 37.7 Å². The molecule has 1 heterocycles. The van der Waals surface area contributed by atoms with Crippen molar-refractivity contribution in [2.24, 2.45) is 0 Å². The highest BCUT2D eigenvalue weighted by Gasteiger charge is 2.17. The Morgan fingerprint density at radius 2 is 2.00 bits per heavy atom. The molecule has 0 radical (unpaired) electrons. The number of fused-ring (bicyclic) bond motifs is 2. The number of rotatable bonds is 4. The summed E-state index contributed by atoms with van der Waals surface area (Å²) in [5.41, 5.74) is 2.31. The van der Waals surface area contributed by atoms with Gasteiger partial charge in [-0.1, -0.05) is 37.6 Å². The van der Waals surface area contributed by atoms with E-state index in [4.69, 9.17) is 4.42 Å². The Morgan fingerprint density at radius 1 is 1.20 bits per heavy atom. The molecule has 2 nitrogen and oxygen atoms in total. The fraction of sp³-hybridized carbons (Fsp3) is 0.294. The molecule has 104 valence electrons. The maximum atomic E-state index is 6.12. The lowest BCUT2D eigenvalue weighted by Crippen LogP contribution is -2.05. The van der Waals surface area contributed by atoms with Gasteiger partial charge in [0.1, 0.15) is 11.3 Å². The third kappa shape index (κ3) is 2.15. The minimum absolute atomic E-state index is 0.771. The van der Waals surface area contributed by atoms with Crippen molar-refractivity contribution in [1.29, 1.82) is 0 Å². The fourth-order valence-electron chi connectivity index (χ4n) is 2.77. The lowest BCUT2D eigenvalue weighted by Gasteiger charge is -2.03. The molecule has 0 aliphatic heterocycles. The molecule has 1 aromatic heterocycles. The van der Waals surface area contributed by atoms with E-state index in [1.54, 1.807) is 0 Å². The number of furan rings is 1. The third-order valence-electron chi connectivity index (χ3n) is 3.67. The van der Waals surface area contributed by atoms with Gasteiger partial charge in [-0.05, 0) is 46.2 Å². The van der Waals surface area contributed by atoms with Crippen LogP contribution >= 0.6 is 15.9 Å². The zero-order valence-electron chi connectivity index (χ0n) is 11.8. The van der Waals surface area contributed by atoms with Crippen molar-refractivity contribution in [3.63, 3.8) is 0 Å². The van der Waals surface area contributed by atoms with Gasteiger partial charge in [0.25, 0.3) is 0 Å². The molecule has 20 heavy (non-hydrogen) atoms. The van der Waals surface area contributed by atoms with Crippen molar-refractivity contribution < 1.29 is 4.42 Å². The number of hydrogen-bond donors (Lipinski definition) is 1. The maximum absolute atomic E-state index is 6.12. The van der Waals surface area contributed by atoms with Crippen molar-refractivity contribution in [2.75, 3.05) is 7.05 Å². The van der Waals surface area contributed by atoms with Crippen LogP contribution in [-0.4, -0.2) is 7.05 Å². The second-order valence-electron chi connectivity index (χ2n) is 5.07. The molecule has 0 amide bonds. The summed E-state index contributed by atoms with van der Waals surface area (Å²) in [5.74, 6) is 1.06. The van der Waals surface area contributed by atoms with Gasteiger partial charge in [-0.2, -0.15) is 0 Å². The van der Waals surface area contributed by atoms with Crippen LogP contribution in [0.25, 0.3) is 21.7 Å². The van der Waals surface area contributed by atoms with Gasteiger partial charge in [0.05, 0.1) is 11.0 Å². The van der Waals surface area contributed by atoms with Crippen LogP contribution in [0.4, 0.5) is 0 Å². The number of nitrogens with one attached hydrogen (secondary N) is 1. The molecule has 0 unspecified atom stereocenters. The second kappa shape index (κ2) is 5.58. The van der Waals surface area contributed by atoms with Gasteiger partial charge in [0, 0.05) is 10.9 Å². The highest BCUT2D eigenvalue weighted by Crippen LogP contribution is 2.37. The molecular formula is C17H18BrNO. The first-order valence-electron chi connectivity index (χ1n) is 7.02. The third-order valence-corrected chi connectivity index (χ3v) is 4.45. The maximum Gasteiger partial charge on any atom is 0.149 e. The van der Waals surface area contributed by atoms with E-state index in [0.717, 1.165) is 35.2 Å². The normalized spacial score (nSPS) is 11.6. The molecule has 0 fully saturated rings. The lowest BCUT2D eigenvalue weighted by molar-refractivity contribution is 0.522. The molecule has 3 heteroatoms. The molecule has 0 atom stereocenters. The van der Waals surface area contributed by atoms with Gasteiger partial charge < -0.3 is 9.73 Å². The second-order valence-corrected chi connectivity index (χ2v) is 5.87. The lowest BCUT2D eigenvalue weighted by atomic mass is 10.0. The summed E-state index contributed by atoms with van der Waals surface area (Å²) in [5, 5.41) is 6.89. The van der Waals surface area contributed by atoms with Crippen LogP contribution in [-0.2, 0) is 13.0 Å². The first-order chi connectivity index (χ1) is 9.76. The molecule has 0 saturated heterocycles. The van der Waals surface area contributed by atoms with E-state index in [2.05, 4.69) is 58.5 Å². The van der Waals surface area contributed by atoms with Crippen LogP contribution in [0.15, 0.2) is 39.2 Å². The SMILES string of the molecule is CCCc1c(CNC)oc2c(Br)c3ccccc3cc12. The highest BCUT2D eigenvalue weighted by molar-refractivity contribution is 9.10. The summed E-state index contributed by atoms with van der Waals surface area (Å²) in [4.78, 5) is 0. The standard InChI is InChI=1S/C17H18BrNO/c1-3-6-13-14-9-11-7-4-5-8-12(11)16(18)17(14)20-15(13)10-19-2/h4-5,7-9,19H,3,6,10H2,1-2H3. The molecule has 3 rings (SSSR count). The molecule has 2 aromatic carbocycles. The molecule has 1 N–H and O–H groups in total. The Morgan fingerprint density at radius 3 is 2.75 bits per heavy atom. The molecule has 0 aliphatic carbocycles. The average molecular weight is 332 g/mol. The highest BCUT2D eigenvalue weighted by atomic mass is 79.9. The first-order valence-corrected chi connectivity index (χ1v) is 7.81. The van der Waals surface area contributed by atoms with Crippen LogP contribution in [0.3, 0.4) is 0 Å². The van der Waals surface area contributed by atoms with Crippen LogP contribution in [0.5, 0.6) is 0 Å². The van der Waals surface area contributed by atoms with E-state index in [1.807, 2.05) is 7.05 Å². The van der Waals surface area contributed by atoms with Crippen LogP contribution in [0.1, 0.15) is 24.7 Å². The summed E-state index contributed by atoms with van der Waals surface area (Å²) in [6, 6.07) is 10.7. The van der Waals surface area contributed by atoms with E-state index in [-0.39, 0.29) is 0 Å². The van der Waals surface area contributed by atoms with Crippen LogP contribution in [0.2, 0.25) is 0 Å². The van der Waals surface area contributed by atoms with E-state index in [0.29, 0.717) is 0 Å². The molecule has 0 spiro atoms. The number of halogens is 1. The number of hydrogen-bond acceptors (Lipinski definition) is 2. The predicted molar refractivity (Wildman–Crippen MR) is 88.2 cm³/mol. The quantitative estimate of drug-likeness (QED) is 0.726. The smallest absolute Gasteiger partial charge is 0.149 e. The zero-order chi connectivity index (χ0) is 14.1. The van der Waals surface area contributed by atoms with Crippen LogP contribution in [0, 0.1) is 0 Å². The van der Waals surface area contributed by atoms with Crippen molar-refractivity contribution in [3.05, 3.63) is 46.1 Å². The number of aryl methyl sites for hydroxylation is 1. The monoisotopic (exact) mass is 331 g/mol. The molecule has 0 bridgehead atoms. The van der Waals surface area contributed by atoms with Crippen molar-refractivity contribution in [3.8, 4) is 0 Å². The molecule has 0 saturated carbocycles. The molecule has 0 aliphatic rings. The molecular weight excluding hydrogens is 314 g/mol. The fourth-order valence-corrected chi connectivity index (χ4v) is 3.43. The van der Waals surface area contributed by atoms with E-state index in [9.17, 15) is 0 Å². The topological polar surface area (TPSA) is 25.2 Å². The Balaban J connectivity index is 2.35. The Labute approximate surface area is 127 Å². The number of benzene rings is 2. The Hall–Kier alpha value is -1.32. The van der Waals surface area contributed by atoms with Crippen LogP contribution < -0.4 is 5.32 Å². The summed E-state index contributed by atoms with van der Waals surface area (Å²) >= 11 is 3.72. The van der Waals surface area contributed by atoms with E-state index in [1.165, 1.54) is 21.7 Å². The minimum Gasteiger partial charge on any atom is -0.458 e. The van der Waals surface area contributed by atoms with Crippen molar-refractivity contribution in [1.82, 2.24) is 5.32 Å². The summed E-state index contributed by atoms with van der Waals surface area (Å²) in [6.45, 7) is 2.98. The Bertz CT molecular complexity index is 760. The Kier molecular flexibility index (Phi) is 3.81. The zero-order valence-corrected chi connectivity index (χ0v) is 13.4. The van der Waals surface area contributed by atoms with Gasteiger partial charge in [0.2, 0.25) is 0 Å². The minimum atomic E-state index is 0.771. The van der Waals surface area contributed by atoms with Crippen molar-refractivity contribution in [2.45, 2.75) is 26.3 Å². The van der Waals surface area contributed by atoms with Gasteiger partial charge in [-0.25, -0.2) is 0 Å². The van der Waals surface area contributed by atoms with Gasteiger partial charge in [-0.15, -0.1) is 0 Å². The molecule has 3 aromatic rings. The van der Waals surface area contributed by atoms with E-state index >= 15 is 0 Å². The summed E-state index contributed by atoms with van der Waals surface area (Å²) in [7, 11) is 1.95. The van der Waals surface area contributed by atoms with E-state index < -0.39 is 0 Å². The van der Waals surface area contributed by atoms with Gasteiger partial charge in [0.15, 0.2) is 0 Å². The van der Waals surface area contributed by atoms with Gasteiger partial charge in [-0.3, -0.25) is 0 Å². The summed E-state index contributed by atoms with van der Waals surface area (Å²) < 4.78 is 7.18. The van der Waals surface area contributed by atoms with Gasteiger partial charge >= 0.3 is 0 Å². The predicted octanol–water partition coefficient (Wildman–Crippen LogP) is 5.02. The average Bonchev–Trinajstić information content (AvgIpc) is 2.79.